The first-order valence-corrected chi connectivity index (χ1v) is 4.62. The van der Waals surface area contributed by atoms with Crippen LogP contribution in [0.1, 0.15) is 20.3 Å². The van der Waals surface area contributed by atoms with Crippen LogP contribution in [-0.4, -0.2) is 22.6 Å². The normalized spacial score (nSPS) is 25.6. The molecule has 5 heteroatoms. The van der Waals surface area contributed by atoms with Crippen molar-refractivity contribution < 1.29 is 5.11 Å². The number of nitrogens with zero attached hydrogens (tertiary/aromatic N) is 2. The van der Waals surface area contributed by atoms with E-state index < -0.39 is 0 Å². The van der Waals surface area contributed by atoms with Crippen LogP contribution in [0.5, 0.6) is 0 Å². The first-order valence-electron chi connectivity index (χ1n) is 4.62. The van der Waals surface area contributed by atoms with Crippen molar-refractivity contribution in [3.63, 3.8) is 0 Å². The first kappa shape index (κ1) is 9.08. The Hall–Kier alpha value is -1.49. The topological polar surface area (TPSA) is 73.9 Å². The Balaban J connectivity index is 2.50. The van der Waals surface area contributed by atoms with Crippen LogP contribution < -0.4 is 11.2 Å². The highest BCUT2D eigenvalue weighted by atomic mass is 16.3. The summed E-state index contributed by atoms with van der Waals surface area (Å²) in [5.41, 5.74) is 2.84. The molecule has 0 amide bonds. The average molecular weight is 194 g/mol. The van der Waals surface area contributed by atoms with Crippen molar-refractivity contribution in [2.24, 2.45) is 10.8 Å². The van der Waals surface area contributed by atoms with Gasteiger partial charge < -0.3 is 10.4 Å². The quantitative estimate of drug-likeness (QED) is 0.534. The molecule has 4 N–H and O–H groups in total. The minimum absolute atomic E-state index is 0.0603. The lowest BCUT2D eigenvalue weighted by molar-refractivity contribution is 0.277. The highest BCUT2D eigenvalue weighted by Crippen LogP contribution is 2.33. The van der Waals surface area contributed by atoms with Gasteiger partial charge in [-0.3, -0.25) is 5.01 Å². The number of allylic oxidation sites excluding steroid dienone is 1. The monoisotopic (exact) mass is 194 g/mol. The Morgan fingerprint density at radius 3 is 3.00 bits per heavy atom. The van der Waals surface area contributed by atoms with Gasteiger partial charge >= 0.3 is 0 Å². The third-order valence-corrected chi connectivity index (χ3v) is 2.70. The fraction of sp³-hybridized carbons (Fsp3) is 0.444. The standard InChI is InChI=1S/C9H14N4O/c1-3-6-5(2)7-8(13(6)10)11-4-12-9(7)14/h4,8,14H,3,10H2,1-2H3,(H,11,12). The lowest BCUT2D eigenvalue weighted by atomic mass is 10.1. The molecule has 0 saturated carbocycles. The van der Waals surface area contributed by atoms with Gasteiger partial charge in [0.2, 0.25) is 5.88 Å². The van der Waals surface area contributed by atoms with Gasteiger partial charge in [-0.2, -0.15) is 0 Å². The van der Waals surface area contributed by atoms with E-state index in [1.54, 1.807) is 5.01 Å². The van der Waals surface area contributed by atoms with E-state index in [1.807, 2.05) is 13.8 Å². The number of nitrogens with one attached hydrogen (secondary N) is 1. The summed E-state index contributed by atoms with van der Waals surface area (Å²) in [6.07, 6.45) is 2.15. The van der Waals surface area contributed by atoms with Gasteiger partial charge in [0, 0.05) is 5.70 Å². The van der Waals surface area contributed by atoms with Crippen LogP contribution >= 0.6 is 0 Å². The molecule has 14 heavy (non-hydrogen) atoms. The smallest absolute Gasteiger partial charge is 0.219 e. The number of nitrogens with two attached hydrogens (primary N) is 1. The van der Waals surface area contributed by atoms with Crippen molar-refractivity contribution in [1.29, 1.82) is 0 Å². The largest absolute Gasteiger partial charge is 0.493 e. The van der Waals surface area contributed by atoms with Crippen LogP contribution in [0.4, 0.5) is 0 Å². The van der Waals surface area contributed by atoms with Crippen LogP contribution in [0.3, 0.4) is 0 Å². The summed E-state index contributed by atoms with van der Waals surface area (Å²) in [5, 5.41) is 14.3. The number of fused-ring (bicyclic) bond motifs is 1. The molecule has 5 nitrogen and oxygen atoms in total. The summed E-state index contributed by atoms with van der Waals surface area (Å²) in [5.74, 6) is 5.96. The summed E-state index contributed by atoms with van der Waals surface area (Å²) in [4.78, 5) is 3.81. The molecule has 0 aromatic carbocycles. The van der Waals surface area contributed by atoms with Crippen LogP contribution in [0.2, 0.25) is 0 Å². The SMILES string of the molecule is CCC1=C(C)C2=C(O)N=CNC2N1N. The van der Waals surface area contributed by atoms with Crippen molar-refractivity contribution in [2.45, 2.75) is 26.4 Å². The molecule has 0 saturated heterocycles. The number of aliphatic hydroxyl groups excluding tert-OH is 1. The van der Waals surface area contributed by atoms with Gasteiger partial charge in [-0.05, 0) is 18.9 Å². The summed E-state index contributed by atoms with van der Waals surface area (Å²) >= 11 is 0. The number of hydrogen-bond donors (Lipinski definition) is 3. The van der Waals surface area contributed by atoms with Crippen LogP contribution in [0.15, 0.2) is 27.7 Å². The zero-order valence-electron chi connectivity index (χ0n) is 8.28. The maximum absolute atomic E-state index is 9.61. The Morgan fingerprint density at radius 2 is 2.43 bits per heavy atom. The third-order valence-electron chi connectivity index (χ3n) is 2.70. The van der Waals surface area contributed by atoms with Crippen molar-refractivity contribution >= 4 is 6.34 Å². The molecule has 2 aliphatic heterocycles. The molecule has 2 rings (SSSR count). The molecular weight excluding hydrogens is 180 g/mol. The molecule has 76 valence electrons. The molecule has 1 unspecified atom stereocenters. The van der Waals surface area contributed by atoms with Crippen LogP contribution in [0, 0.1) is 0 Å². The minimum Gasteiger partial charge on any atom is -0.493 e. The van der Waals surface area contributed by atoms with Gasteiger partial charge in [0.15, 0.2) is 0 Å². The van der Waals surface area contributed by atoms with Crippen molar-refractivity contribution in [1.82, 2.24) is 10.3 Å². The summed E-state index contributed by atoms with van der Waals surface area (Å²) in [7, 11) is 0. The number of hydrogen-bond acceptors (Lipinski definition) is 5. The second-order valence-electron chi connectivity index (χ2n) is 3.40. The number of aliphatic imine (C=N–C) groups is 1. The van der Waals surface area contributed by atoms with E-state index in [2.05, 4.69) is 10.3 Å². The fourth-order valence-corrected chi connectivity index (χ4v) is 1.99. The van der Waals surface area contributed by atoms with E-state index in [0.29, 0.717) is 0 Å². The molecule has 0 aromatic heterocycles. The van der Waals surface area contributed by atoms with Gasteiger partial charge in [-0.15, -0.1) is 0 Å². The minimum atomic E-state index is -0.164. The van der Waals surface area contributed by atoms with Crippen molar-refractivity contribution in [3.05, 3.63) is 22.7 Å². The molecule has 2 aliphatic rings. The molecule has 0 bridgehead atoms. The Labute approximate surface area is 82.6 Å². The highest BCUT2D eigenvalue weighted by molar-refractivity contribution is 5.63. The average Bonchev–Trinajstić information content (AvgIpc) is 2.41. The van der Waals surface area contributed by atoms with E-state index in [9.17, 15) is 5.11 Å². The molecule has 0 spiro atoms. The van der Waals surface area contributed by atoms with Gasteiger partial charge in [0.1, 0.15) is 6.17 Å². The number of aliphatic hydroxyl groups is 1. The van der Waals surface area contributed by atoms with Crippen LogP contribution in [0.25, 0.3) is 0 Å². The summed E-state index contributed by atoms with van der Waals surface area (Å²) in [6, 6.07) is 0. The maximum Gasteiger partial charge on any atom is 0.219 e. The molecule has 0 aliphatic carbocycles. The molecule has 1 atom stereocenters. The third kappa shape index (κ3) is 1.02. The van der Waals surface area contributed by atoms with E-state index >= 15 is 0 Å². The fourth-order valence-electron chi connectivity index (χ4n) is 1.99. The molecular formula is C9H14N4O. The van der Waals surface area contributed by atoms with Gasteiger partial charge in [-0.25, -0.2) is 10.8 Å². The van der Waals surface area contributed by atoms with Crippen LogP contribution in [-0.2, 0) is 0 Å². The van der Waals surface area contributed by atoms with Gasteiger partial charge in [-0.1, -0.05) is 6.92 Å². The zero-order chi connectivity index (χ0) is 10.3. The Bertz CT molecular complexity index is 356. The number of hydrazine groups is 1. The van der Waals surface area contributed by atoms with Crippen molar-refractivity contribution in [2.75, 3.05) is 0 Å². The van der Waals surface area contributed by atoms with E-state index in [-0.39, 0.29) is 12.0 Å². The summed E-state index contributed by atoms with van der Waals surface area (Å²) < 4.78 is 0. The molecule has 0 radical (unpaired) electrons. The lowest BCUT2D eigenvalue weighted by Gasteiger charge is -2.26. The zero-order valence-corrected chi connectivity index (χ0v) is 8.28. The predicted octanol–water partition coefficient (Wildman–Crippen LogP) is 0.587. The van der Waals surface area contributed by atoms with Crippen molar-refractivity contribution in [3.8, 4) is 0 Å². The molecule has 0 aromatic rings. The van der Waals surface area contributed by atoms with E-state index in [0.717, 1.165) is 23.3 Å². The predicted molar refractivity (Wildman–Crippen MR) is 54.1 cm³/mol. The highest BCUT2D eigenvalue weighted by Gasteiger charge is 2.35. The van der Waals surface area contributed by atoms with Gasteiger partial charge in [0.05, 0.1) is 11.9 Å². The lowest BCUT2D eigenvalue weighted by Crippen LogP contribution is -2.47. The Kier molecular flexibility index (Phi) is 1.96. The first-order chi connectivity index (χ1) is 6.66. The summed E-state index contributed by atoms with van der Waals surface area (Å²) in [6.45, 7) is 3.99. The maximum atomic E-state index is 9.61. The Morgan fingerprint density at radius 1 is 1.71 bits per heavy atom. The van der Waals surface area contributed by atoms with E-state index in [4.69, 9.17) is 5.84 Å². The number of rotatable bonds is 1. The molecule has 2 heterocycles. The van der Waals surface area contributed by atoms with Gasteiger partial charge in [0.25, 0.3) is 0 Å². The second-order valence-corrected chi connectivity index (χ2v) is 3.40. The second kappa shape index (κ2) is 3.02. The van der Waals surface area contributed by atoms with E-state index in [1.165, 1.54) is 6.34 Å². The molecule has 0 fully saturated rings.